The molecule has 0 amide bonds. The lowest BCUT2D eigenvalue weighted by Gasteiger charge is -2.14. The maximum Gasteiger partial charge on any atom is 0.208 e. The van der Waals surface area contributed by atoms with Crippen LogP contribution in [0.5, 0.6) is 0 Å². The van der Waals surface area contributed by atoms with Gasteiger partial charge in [0.25, 0.3) is 0 Å². The van der Waals surface area contributed by atoms with Gasteiger partial charge in [-0.1, -0.05) is 6.07 Å². The second-order valence-corrected chi connectivity index (χ2v) is 4.74. The molecule has 1 aromatic heterocycles. The van der Waals surface area contributed by atoms with Crippen LogP contribution in [-0.4, -0.2) is 16.6 Å². The summed E-state index contributed by atoms with van der Waals surface area (Å²) in [5.74, 6) is 0. The van der Waals surface area contributed by atoms with Crippen LogP contribution in [0, 0.1) is 13.8 Å². The van der Waals surface area contributed by atoms with Gasteiger partial charge in [0.1, 0.15) is 0 Å². The van der Waals surface area contributed by atoms with Crippen molar-refractivity contribution in [2.45, 2.75) is 20.3 Å². The number of hydrogen-bond donors (Lipinski definition) is 1. The summed E-state index contributed by atoms with van der Waals surface area (Å²) in [7, 11) is 0. The summed E-state index contributed by atoms with van der Waals surface area (Å²) in [6, 6.07) is 4.39. The molecule has 3 rings (SSSR count). The van der Waals surface area contributed by atoms with Gasteiger partial charge >= 0.3 is 0 Å². The summed E-state index contributed by atoms with van der Waals surface area (Å²) in [6.45, 7) is 4.97. The van der Waals surface area contributed by atoms with Crippen LogP contribution in [0.25, 0.3) is 10.9 Å². The number of H-pyrrole nitrogens is 1. The number of aromatic amines is 1. The van der Waals surface area contributed by atoms with E-state index >= 15 is 0 Å². The summed E-state index contributed by atoms with van der Waals surface area (Å²) in [5.41, 5.74) is 6.09. The van der Waals surface area contributed by atoms with Crippen LogP contribution in [0.1, 0.15) is 22.4 Å². The van der Waals surface area contributed by atoms with Gasteiger partial charge in [0.15, 0.2) is 0 Å². The molecule has 1 N–H and O–H groups in total. The standard InChI is InChI=1S/C13H13NOS/c1-7-5-8(2)11-9-3-4-15-13(16)12(9)14-10(11)6-7/h5-6,14H,3-4H2,1-2H3. The minimum absolute atomic E-state index is 0.606. The number of aromatic nitrogens is 1. The van der Waals surface area contributed by atoms with E-state index in [0.29, 0.717) is 11.7 Å². The Morgan fingerprint density at radius 3 is 2.94 bits per heavy atom. The Bertz CT molecular complexity index is 597. The number of aryl methyl sites for hydroxylation is 2. The van der Waals surface area contributed by atoms with Crippen LogP contribution >= 0.6 is 12.2 Å². The minimum atomic E-state index is 0.606. The largest absolute Gasteiger partial charge is 0.481 e. The highest BCUT2D eigenvalue weighted by atomic mass is 32.1. The topological polar surface area (TPSA) is 25.0 Å². The number of thiocarbonyl (C=S) groups is 1. The molecule has 82 valence electrons. The Morgan fingerprint density at radius 1 is 1.31 bits per heavy atom. The molecule has 1 aliphatic heterocycles. The molecule has 2 nitrogen and oxygen atoms in total. The van der Waals surface area contributed by atoms with E-state index < -0.39 is 0 Å². The maximum atomic E-state index is 5.40. The van der Waals surface area contributed by atoms with E-state index in [2.05, 4.69) is 31.0 Å². The zero-order valence-corrected chi connectivity index (χ0v) is 10.2. The van der Waals surface area contributed by atoms with E-state index in [1.165, 1.54) is 27.6 Å². The van der Waals surface area contributed by atoms with Crippen molar-refractivity contribution in [1.82, 2.24) is 4.98 Å². The van der Waals surface area contributed by atoms with E-state index in [4.69, 9.17) is 17.0 Å². The van der Waals surface area contributed by atoms with Crippen molar-refractivity contribution in [3.8, 4) is 0 Å². The highest BCUT2D eigenvalue weighted by Crippen LogP contribution is 2.30. The zero-order valence-electron chi connectivity index (χ0n) is 9.39. The third-order valence-electron chi connectivity index (χ3n) is 3.13. The van der Waals surface area contributed by atoms with Gasteiger partial charge in [-0.2, -0.15) is 0 Å². The van der Waals surface area contributed by atoms with E-state index in [1.54, 1.807) is 0 Å². The molecule has 16 heavy (non-hydrogen) atoms. The lowest BCUT2D eigenvalue weighted by atomic mass is 10.0. The van der Waals surface area contributed by atoms with Gasteiger partial charge in [0.05, 0.1) is 12.3 Å². The van der Waals surface area contributed by atoms with Gasteiger partial charge in [-0.25, -0.2) is 0 Å². The summed E-state index contributed by atoms with van der Waals surface area (Å²) >= 11 is 5.22. The number of rotatable bonds is 0. The molecule has 3 heteroatoms. The van der Waals surface area contributed by atoms with Gasteiger partial charge in [0, 0.05) is 17.3 Å². The highest BCUT2D eigenvalue weighted by Gasteiger charge is 2.21. The van der Waals surface area contributed by atoms with Gasteiger partial charge in [-0.05, 0) is 48.8 Å². The fraction of sp³-hybridized carbons (Fsp3) is 0.308. The smallest absolute Gasteiger partial charge is 0.208 e. The monoisotopic (exact) mass is 231 g/mol. The van der Waals surface area contributed by atoms with E-state index in [9.17, 15) is 0 Å². The second-order valence-electron chi connectivity index (χ2n) is 4.37. The quantitative estimate of drug-likeness (QED) is 0.705. The van der Waals surface area contributed by atoms with Gasteiger partial charge in [-0.3, -0.25) is 0 Å². The normalized spacial score (nSPS) is 15.0. The first-order valence-corrected chi connectivity index (χ1v) is 5.86. The van der Waals surface area contributed by atoms with Crippen LogP contribution in [0.15, 0.2) is 12.1 Å². The molecule has 0 atom stereocenters. The van der Waals surface area contributed by atoms with Crippen LogP contribution in [0.4, 0.5) is 0 Å². The fourth-order valence-corrected chi connectivity index (χ4v) is 2.80. The molecule has 0 fully saturated rings. The molecule has 2 aromatic rings. The van der Waals surface area contributed by atoms with Crippen molar-refractivity contribution in [2.75, 3.05) is 6.61 Å². The summed E-state index contributed by atoms with van der Waals surface area (Å²) in [5, 5.41) is 1.93. The zero-order chi connectivity index (χ0) is 11.3. The molecule has 1 aromatic carbocycles. The average molecular weight is 231 g/mol. The Hall–Kier alpha value is -1.35. The van der Waals surface area contributed by atoms with E-state index in [1.807, 2.05) is 0 Å². The number of hydrogen-bond acceptors (Lipinski definition) is 2. The van der Waals surface area contributed by atoms with Crippen molar-refractivity contribution in [3.63, 3.8) is 0 Å². The molecular formula is C13H13NOS. The molecule has 0 bridgehead atoms. The number of fused-ring (bicyclic) bond motifs is 3. The number of ether oxygens (including phenoxy) is 1. The van der Waals surface area contributed by atoms with Gasteiger partial charge in [0.2, 0.25) is 5.05 Å². The van der Waals surface area contributed by atoms with Crippen LogP contribution < -0.4 is 0 Å². The third-order valence-corrected chi connectivity index (χ3v) is 3.45. The molecule has 2 heterocycles. The van der Waals surface area contributed by atoms with E-state index in [-0.39, 0.29) is 0 Å². The van der Waals surface area contributed by atoms with Crippen LogP contribution in [0.3, 0.4) is 0 Å². The van der Waals surface area contributed by atoms with Crippen LogP contribution in [-0.2, 0) is 11.2 Å². The van der Waals surface area contributed by atoms with Crippen molar-refractivity contribution >= 4 is 28.2 Å². The highest BCUT2D eigenvalue weighted by molar-refractivity contribution is 7.80. The van der Waals surface area contributed by atoms with Crippen molar-refractivity contribution in [1.29, 1.82) is 0 Å². The Morgan fingerprint density at radius 2 is 2.12 bits per heavy atom. The maximum absolute atomic E-state index is 5.40. The van der Waals surface area contributed by atoms with Crippen LogP contribution in [0.2, 0.25) is 0 Å². The molecule has 0 spiro atoms. The Balaban J connectivity index is 2.40. The molecular weight excluding hydrogens is 218 g/mol. The molecule has 0 radical (unpaired) electrons. The first kappa shape index (κ1) is 9.85. The SMILES string of the molecule is Cc1cc(C)c2c3c([nH]c2c1)C(=S)OCC3. The molecule has 0 saturated heterocycles. The Kier molecular flexibility index (Phi) is 2.04. The number of benzene rings is 1. The predicted molar refractivity (Wildman–Crippen MR) is 69.1 cm³/mol. The lowest BCUT2D eigenvalue weighted by Crippen LogP contribution is -2.15. The minimum Gasteiger partial charge on any atom is -0.481 e. The first-order chi connectivity index (χ1) is 7.66. The van der Waals surface area contributed by atoms with Crippen molar-refractivity contribution in [2.24, 2.45) is 0 Å². The predicted octanol–water partition coefficient (Wildman–Crippen LogP) is 3.03. The van der Waals surface area contributed by atoms with E-state index in [0.717, 1.165) is 12.1 Å². The summed E-state index contributed by atoms with van der Waals surface area (Å²) in [4.78, 5) is 3.38. The number of nitrogens with one attached hydrogen (secondary N) is 1. The summed E-state index contributed by atoms with van der Waals surface area (Å²) in [6.07, 6.45) is 0.944. The first-order valence-electron chi connectivity index (χ1n) is 5.46. The van der Waals surface area contributed by atoms with Crippen molar-refractivity contribution in [3.05, 3.63) is 34.5 Å². The van der Waals surface area contributed by atoms with Crippen molar-refractivity contribution < 1.29 is 4.74 Å². The molecule has 0 saturated carbocycles. The lowest BCUT2D eigenvalue weighted by molar-refractivity contribution is 0.308. The average Bonchev–Trinajstić information content (AvgIpc) is 2.57. The molecule has 0 unspecified atom stereocenters. The van der Waals surface area contributed by atoms with Gasteiger partial charge < -0.3 is 9.72 Å². The molecule has 1 aliphatic rings. The Labute approximate surface area is 99.6 Å². The van der Waals surface area contributed by atoms with Gasteiger partial charge in [-0.15, -0.1) is 0 Å². The second kappa shape index (κ2) is 3.32. The molecule has 0 aliphatic carbocycles. The fourth-order valence-electron chi connectivity index (χ4n) is 2.54. The third kappa shape index (κ3) is 1.28. The summed E-state index contributed by atoms with van der Waals surface area (Å²) < 4.78 is 5.40.